The quantitative estimate of drug-likeness (QED) is 0.0688. The van der Waals surface area contributed by atoms with Gasteiger partial charge < -0.3 is 19.4 Å². The number of hydrogen-bond donors (Lipinski definition) is 3. The maximum absolute atomic E-state index is 11.8. The van der Waals surface area contributed by atoms with Crippen LogP contribution in [-0.4, -0.2) is 52.4 Å². The first-order chi connectivity index (χ1) is 15.0. The molecule has 1 unspecified atom stereocenters. The van der Waals surface area contributed by atoms with E-state index in [4.69, 9.17) is 0 Å². The fourth-order valence-electron chi connectivity index (χ4n) is 4.12. The smallest absolute Gasteiger partial charge is 0.362 e. The summed E-state index contributed by atoms with van der Waals surface area (Å²) in [4.78, 5) is 19.2. The van der Waals surface area contributed by atoms with Crippen molar-refractivity contribution in [2.24, 2.45) is 0 Å². The van der Waals surface area contributed by atoms with Gasteiger partial charge in [0.1, 0.15) is 6.54 Å². The van der Waals surface area contributed by atoms with Gasteiger partial charge in [0.25, 0.3) is 0 Å². The molecule has 0 aliphatic carbocycles. The molecule has 0 saturated heterocycles. The van der Waals surface area contributed by atoms with Gasteiger partial charge in [-0.15, -0.1) is 6.58 Å². The Morgan fingerprint density at radius 3 is 1.47 bits per heavy atom. The minimum Gasteiger partial charge on any atom is -0.373 e. The van der Waals surface area contributed by atoms with Crippen LogP contribution in [0.5, 0.6) is 0 Å². The number of quaternary nitrogens is 1. The van der Waals surface area contributed by atoms with Gasteiger partial charge in [0, 0.05) is 0 Å². The van der Waals surface area contributed by atoms with Gasteiger partial charge in [-0.1, -0.05) is 76.0 Å². The topological polar surface area (TPSA) is 77.8 Å². The lowest BCUT2D eigenvalue weighted by molar-refractivity contribution is -0.875. The van der Waals surface area contributed by atoms with Crippen molar-refractivity contribution in [3.8, 4) is 0 Å². The highest BCUT2D eigenvalue weighted by Crippen LogP contribution is 2.52. The number of rotatable bonds is 22. The summed E-state index contributed by atoms with van der Waals surface area (Å²) in [5.41, 5.74) is 0. The highest BCUT2D eigenvalue weighted by molar-refractivity contribution is 7.53. The Kier molecular flexibility index (Phi) is 17.7. The van der Waals surface area contributed by atoms with E-state index >= 15 is 0 Å². The number of allylic oxidation sites excluding steroid dienone is 3. The van der Waals surface area contributed by atoms with Gasteiger partial charge >= 0.3 is 7.60 Å². The number of hydrogen-bond acceptors (Lipinski definition) is 2. The van der Waals surface area contributed by atoms with E-state index in [-0.39, 0.29) is 13.0 Å². The molecule has 0 saturated carbocycles. The first-order valence-electron chi connectivity index (χ1n) is 12.9. The van der Waals surface area contributed by atoms with Crippen LogP contribution in [-0.2, 0) is 4.57 Å². The van der Waals surface area contributed by atoms with Crippen LogP contribution in [0.4, 0.5) is 0 Å². The molecule has 0 amide bonds. The molecule has 0 fully saturated rings. The van der Waals surface area contributed by atoms with Crippen LogP contribution >= 0.6 is 7.60 Å². The summed E-state index contributed by atoms with van der Waals surface area (Å²) in [6.45, 7) is 3.82. The highest BCUT2D eigenvalue weighted by atomic mass is 31.2. The standard InChI is InChI=1S/C26H52NO4P/c1-5-6-7-8-9-10-11-12-13-14-15-16-17-18-19-20-21-22-23-24-26(28,32(29,30)31)25-27(2,3)4/h5,13-14,28H,1,6-12,15-25H2,2-4H3,(H-,29,30,31)/p+1/b14-13-. The molecule has 0 rings (SSSR count). The van der Waals surface area contributed by atoms with Gasteiger partial charge in [-0.3, -0.25) is 4.57 Å². The van der Waals surface area contributed by atoms with Crippen LogP contribution in [0.2, 0.25) is 0 Å². The molecule has 0 heterocycles. The minimum absolute atomic E-state index is 0.0574. The first-order valence-corrected chi connectivity index (χ1v) is 14.5. The zero-order valence-electron chi connectivity index (χ0n) is 21.3. The monoisotopic (exact) mass is 474 g/mol. The molecule has 32 heavy (non-hydrogen) atoms. The molecule has 190 valence electrons. The lowest BCUT2D eigenvalue weighted by Crippen LogP contribution is -2.49. The van der Waals surface area contributed by atoms with Crippen molar-refractivity contribution in [2.45, 2.75) is 114 Å². The molecular formula is C26H53NO4P+. The Balaban J connectivity index is 3.60. The number of aliphatic hydroxyl groups is 1. The Bertz CT molecular complexity index is 538. The Morgan fingerprint density at radius 1 is 0.719 bits per heavy atom. The summed E-state index contributed by atoms with van der Waals surface area (Å²) in [5.74, 6) is 0. The summed E-state index contributed by atoms with van der Waals surface area (Å²) in [6.07, 6.45) is 25.8. The molecule has 0 spiro atoms. The van der Waals surface area contributed by atoms with Gasteiger partial charge in [-0.25, -0.2) is 0 Å². The van der Waals surface area contributed by atoms with Gasteiger partial charge in [-0.05, 0) is 51.4 Å². The van der Waals surface area contributed by atoms with E-state index in [0.717, 1.165) is 25.7 Å². The third kappa shape index (κ3) is 18.0. The zero-order chi connectivity index (χ0) is 24.3. The third-order valence-electron chi connectivity index (χ3n) is 5.91. The molecule has 0 aromatic carbocycles. The van der Waals surface area contributed by atoms with Crippen molar-refractivity contribution in [2.75, 3.05) is 27.7 Å². The fraction of sp³-hybridized carbons (Fsp3) is 0.846. The van der Waals surface area contributed by atoms with E-state index < -0.39 is 12.9 Å². The van der Waals surface area contributed by atoms with Gasteiger partial charge in [0.15, 0.2) is 0 Å². The Morgan fingerprint density at radius 2 is 1.09 bits per heavy atom. The molecular weight excluding hydrogens is 421 g/mol. The Labute approximate surface area is 198 Å². The van der Waals surface area contributed by atoms with Gasteiger partial charge in [0.2, 0.25) is 5.34 Å². The predicted molar refractivity (Wildman–Crippen MR) is 138 cm³/mol. The number of likely N-dealkylation sites (N-methyl/N-ethyl adjacent to an activating group) is 1. The van der Waals surface area contributed by atoms with Crippen molar-refractivity contribution in [1.29, 1.82) is 0 Å². The SMILES string of the molecule is C=CCCCCCCC/C=C\CCCCCCCCCCC(O)(C[N+](C)(C)C)P(=O)(O)O. The fourth-order valence-corrected chi connectivity index (χ4v) is 5.18. The summed E-state index contributed by atoms with van der Waals surface area (Å²) in [5, 5.41) is 8.63. The van der Waals surface area contributed by atoms with Crippen LogP contribution in [0.15, 0.2) is 24.8 Å². The molecule has 0 bridgehead atoms. The molecule has 0 aromatic heterocycles. The zero-order valence-corrected chi connectivity index (χ0v) is 22.2. The van der Waals surface area contributed by atoms with Crippen LogP contribution < -0.4 is 0 Å². The summed E-state index contributed by atoms with van der Waals surface area (Å²) in [7, 11) is 0.967. The van der Waals surface area contributed by atoms with E-state index in [2.05, 4.69) is 18.7 Å². The maximum Gasteiger partial charge on any atom is 0.362 e. The summed E-state index contributed by atoms with van der Waals surface area (Å²) >= 11 is 0. The van der Waals surface area contributed by atoms with Crippen molar-refractivity contribution in [3.05, 3.63) is 24.8 Å². The third-order valence-corrected chi connectivity index (χ3v) is 7.36. The van der Waals surface area contributed by atoms with Crippen LogP contribution in [0.3, 0.4) is 0 Å². The average molecular weight is 475 g/mol. The Hall–Kier alpha value is -0.450. The van der Waals surface area contributed by atoms with E-state index in [9.17, 15) is 19.5 Å². The molecule has 1 atom stereocenters. The molecule has 3 N–H and O–H groups in total. The van der Waals surface area contributed by atoms with Gasteiger partial charge in [0.05, 0.1) is 21.1 Å². The van der Waals surface area contributed by atoms with Crippen molar-refractivity contribution in [3.63, 3.8) is 0 Å². The molecule has 0 aliphatic heterocycles. The highest BCUT2D eigenvalue weighted by Gasteiger charge is 2.48. The first kappa shape index (κ1) is 31.6. The van der Waals surface area contributed by atoms with Crippen LogP contribution in [0.1, 0.15) is 109 Å². The van der Waals surface area contributed by atoms with Crippen molar-refractivity contribution in [1.82, 2.24) is 0 Å². The second-order valence-electron chi connectivity index (χ2n) is 10.4. The molecule has 0 radical (unpaired) electrons. The lowest BCUT2D eigenvalue weighted by atomic mass is 10.0. The van der Waals surface area contributed by atoms with E-state index in [0.29, 0.717) is 10.9 Å². The molecule has 5 nitrogen and oxygen atoms in total. The van der Waals surface area contributed by atoms with E-state index in [1.54, 1.807) is 0 Å². The average Bonchev–Trinajstić information content (AvgIpc) is 2.67. The molecule has 0 aliphatic rings. The van der Waals surface area contributed by atoms with Crippen LogP contribution in [0.25, 0.3) is 0 Å². The van der Waals surface area contributed by atoms with Gasteiger partial charge in [-0.2, -0.15) is 0 Å². The normalized spacial score (nSPS) is 14.7. The predicted octanol–water partition coefficient (Wildman–Crippen LogP) is 6.93. The molecule has 0 aromatic rings. The summed E-state index contributed by atoms with van der Waals surface area (Å²) < 4.78 is 12.1. The van der Waals surface area contributed by atoms with Crippen molar-refractivity contribution >= 4 is 7.60 Å². The van der Waals surface area contributed by atoms with E-state index in [1.807, 2.05) is 27.2 Å². The van der Waals surface area contributed by atoms with Crippen molar-refractivity contribution < 1.29 is 23.9 Å². The second-order valence-corrected chi connectivity index (χ2v) is 12.4. The molecule has 6 heteroatoms. The maximum atomic E-state index is 11.8. The lowest BCUT2D eigenvalue weighted by Gasteiger charge is -2.35. The largest absolute Gasteiger partial charge is 0.373 e. The summed E-state index contributed by atoms with van der Waals surface area (Å²) in [6, 6.07) is 0. The minimum atomic E-state index is -4.55. The van der Waals surface area contributed by atoms with E-state index in [1.165, 1.54) is 70.6 Å². The number of nitrogens with zero attached hydrogens (tertiary/aromatic N) is 1. The van der Waals surface area contributed by atoms with Crippen LogP contribution in [0, 0.1) is 0 Å². The second kappa shape index (κ2) is 18.0. The number of unbranched alkanes of at least 4 members (excludes halogenated alkanes) is 14.